The van der Waals surface area contributed by atoms with E-state index in [0.29, 0.717) is 13.3 Å². The summed E-state index contributed by atoms with van der Waals surface area (Å²) in [4.78, 5) is 5.17. The Morgan fingerprint density at radius 2 is 1.75 bits per heavy atom. The molecule has 2 aromatic rings. The van der Waals surface area contributed by atoms with Crippen LogP contribution in [0.25, 0.3) is 0 Å². The summed E-state index contributed by atoms with van der Waals surface area (Å²) < 4.78 is 12.8. The van der Waals surface area contributed by atoms with Crippen LogP contribution in [0.4, 0.5) is 0 Å². The smallest absolute Gasteiger partial charge is 0.231 e. The highest BCUT2D eigenvalue weighted by molar-refractivity contribution is 5.44. The van der Waals surface area contributed by atoms with E-state index in [1.54, 1.807) is 0 Å². The van der Waals surface area contributed by atoms with Gasteiger partial charge in [0, 0.05) is 32.2 Å². The molecule has 5 rings (SSSR count). The average molecular weight is 384 g/mol. The molecule has 28 heavy (non-hydrogen) atoms. The SMILES string of the molecule is c1cc2c(cc1Cn1nnnc1CN1CCN(C3CCCCC3)CC1)OCO2. The lowest BCUT2D eigenvalue weighted by atomic mass is 9.94. The number of hydrogen-bond acceptors (Lipinski definition) is 7. The van der Waals surface area contributed by atoms with Crippen LogP contribution in [-0.2, 0) is 13.1 Å². The van der Waals surface area contributed by atoms with Gasteiger partial charge in [-0.3, -0.25) is 9.80 Å². The Morgan fingerprint density at radius 1 is 0.929 bits per heavy atom. The van der Waals surface area contributed by atoms with Crippen molar-refractivity contribution < 1.29 is 9.47 Å². The first-order valence-corrected chi connectivity index (χ1v) is 10.5. The standard InChI is InChI=1S/C20H28N6O2/c1-2-4-17(5-3-1)25-10-8-24(9-11-25)14-20-21-22-23-26(20)13-16-6-7-18-19(12-16)28-15-27-18/h6-7,12,17H,1-5,8-11,13-15H2. The molecule has 3 aliphatic rings. The Labute approximate surface area is 165 Å². The van der Waals surface area contributed by atoms with Gasteiger partial charge in [-0.15, -0.1) is 5.10 Å². The van der Waals surface area contributed by atoms with Gasteiger partial charge in [-0.1, -0.05) is 25.3 Å². The van der Waals surface area contributed by atoms with Crippen LogP contribution in [0, 0.1) is 0 Å². The largest absolute Gasteiger partial charge is 0.454 e. The van der Waals surface area contributed by atoms with Crippen molar-refractivity contribution in [1.29, 1.82) is 0 Å². The lowest BCUT2D eigenvalue weighted by Crippen LogP contribution is -2.50. The second-order valence-corrected chi connectivity index (χ2v) is 8.04. The molecule has 0 bridgehead atoms. The number of aromatic nitrogens is 4. The first kappa shape index (κ1) is 17.9. The fourth-order valence-corrected chi connectivity index (χ4v) is 4.60. The highest BCUT2D eigenvalue weighted by Crippen LogP contribution is 2.32. The molecule has 8 nitrogen and oxygen atoms in total. The van der Waals surface area contributed by atoms with E-state index in [1.807, 2.05) is 22.9 Å². The third-order valence-electron chi connectivity index (χ3n) is 6.24. The van der Waals surface area contributed by atoms with E-state index in [0.717, 1.165) is 61.7 Å². The van der Waals surface area contributed by atoms with Crippen LogP contribution in [-0.4, -0.2) is 69.0 Å². The number of hydrogen-bond donors (Lipinski definition) is 0. The molecular formula is C20H28N6O2. The van der Waals surface area contributed by atoms with Crippen molar-refractivity contribution in [2.45, 2.75) is 51.2 Å². The Balaban J connectivity index is 1.18. The minimum atomic E-state index is 0.293. The molecule has 3 heterocycles. The first-order chi connectivity index (χ1) is 13.8. The summed E-state index contributed by atoms with van der Waals surface area (Å²) in [6.07, 6.45) is 6.99. The lowest BCUT2D eigenvalue weighted by molar-refractivity contribution is 0.0736. The summed E-state index contributed by atoms with van der Waals surface area (Å²) in [7, 11) is 0. The van der Waals surface area contributed by atoms with Crippen molar-refractivity contribution in [3.63, 3.8) is 0 Å². The molecule has 2 aliphatic heterocycles. The lowest BCUT2D eigenvalue weighted by Gasteiger charge is -2.40. The molecule has 0 unspecified atom stereocenters. The Bertz CT molecular complexity index is 796. The van der Waals surface area contributed by atoms with E-state index < -0.39 is 0 Å². The van der Waals surface area contributed by atoms with Gasteiger partial charge in [-0.2, -0.15) is 0 Å². The number of benzene rings is 1. The van der Waals surface area contributed by atoms with E-state index in [-0.39, 0.29) is 0 Å². The molecule has 0 spiro atoms. The zero-order valence-electron chi connectivity index (χ0n) is 16.3. The van der Waals surface area contributed by atoms with Gasteiger partial charge in [0.25, 0.3) is 0 Å². The van der Waals surface area contributed by atoms with Gasteiger partial charge in [0.15, 0.2) is 17.3 Å². The molecule has 1 aliphatic carbocycles. The van der Waals surface area contributed by atoms with Crippen molar-refractivity contribution >= 4 is 0 Å². The number of ether oxygens (including phenoxy) is 2. The summed E-state index contributed by atoms with van der Waals surface area (Å²) in [5.41, 5.74) is 1.11. The zero-order valence-corrected chi connectivity index (χ0v) is 16.3. The van der Waals surface area contributed by atoms with Gasteiger partial charge >= 0.3 is 0 Å². The molecule has 1 aromatic heterocycles. The highest BCUT2D eigenvalue weighted by atomic mass is 16.7. The maximum Gasteiger partial charge on any atom is 0.231 e. The van der Waals surface area contributed by atoms with Crippen LogP contribution in [0.15, 0.2) is 18.2 Å². The fourth-order valence-electron chi connectivity index (χ4n) is 4.60. The van der Waals surface area contributed by atoms with Crippen LogP contribution < -0.4 is 9.47 Å². The number of nitrogens with zero attached hydrogens (tertiary/aromatic N) is 6. The summed E-state index contributed by atoms with van der Waals surface area (Å²) in [6.45, 7) is 6.24. The summed E-state index contributed by atoms with van der Waals surface area (Å²) in [5.74, 6) is 2.52. The number of piperazine rings is 1. The Morgan fingerprint density at radius 3 is 2.61 bits per heavy atom. The Hall–Kier alpha value is -2.19. The van der Waals surface area contributed by atoms with Gasteiger partial charge < -0.3 is 9.47 Å². The van der Waals surface area contributed by atoms with E-state index in [9.17, 15) is 0 Å². The quantitative estimate of drug-likeness (QED) is 0.780. The molecule has 150 valence electrons. The molecule has 2 fully saturated rings. The van der Waals surface area contributed by atoms with Crippen LogP contribution in [0.5, 0.6) is 11.5 Å². The summed E-state index contributed by atoms with van der Waals surface area (Å²) in [5, 5.41) is 12.4. The third kappa shape index (κ3) is 3.84. The monoisotopic (exact) mass is 384 g/mol. The maximum absolute atomic E-state index is 5.47. The number of fused-ring (bicyclic) bond motifs is 1. The average Bonchev–Trinajstić information content (AvgIpc) is 3.38. The van der Waals surface area contributed by atoms with Crippen LogP contribution in [0.1, 0.15) is 43.5 Å². The molecule has 0 N–H and O–H groups in total. The Kier molecular flexibility index (Phi) is 5.14. The highest BCUT2D eigenvalue weighted by Gasteiger charge is 2.26. The molecule has 0 amide bonds. The minimum absolute atomic E-state index is 0.293. The number of tetrazole rings is 1. The third-order valence-corrected chi connectivity index (χ3v) is 6.24. The van der Waals surface area contributed by atoms with E-state index in [2.05, 4.69) is 25.3 Å². The predicted molar refractivity (Wildman–Crippen MR) is 103 cm³/mol. The van der Waals surface area contributed by atoms with Gasteiger partial charge in [-0.05, 0) is 41.0 Å². The molecule has 0 atom stereocenters. The van der Waals surface area contributed by atoms with Gasteiger partial charge in [-0.25, -0.2) is 4.68 Å². The topological polar surface area (TPSA) is 68.5 Å². The molecule has 1 saturated carbocycles. The summed E-state index contributed by atoms with van der Waals surface area (Å²) in [6, 6.07) is 6.82. The molecule has 0 radical (unpaired) electrons. The van der Waals surface area contributed by atoms with E-state index >= 15 is 0 Å². The van der Waals surface area contributed by atoms with Crippen LogP contribution in [0.2, 0.25) is 0 Å². The minimum Gasteiger partial charge on any atom is -0.454 e. The van der Waals surface area contributed by atoms with Crippen molar-refractivity contribution in [2.24, 2.45) is 0 Å². The van der Waals surface area contributed by atoms with Crippen molar-refractivity contribution in [2.75, 3.05) is 33.0 Å². The van der Waals surface area contributed by atoms with Crippen molar-refractivity contribution in [3.05, 3.63) is 29.6 Å². The van der Waals surface area contributed by atoms with Crippen LogP contribution >= 0.6 is 0 Å². The normalized spacial score (nSPS) is 21.3. The second-order valence-electron chi connectivity index (χ2n) is 8.04. The number of rotatable bonds is 5. The molecule has 1 saturated heterocycles. The van der Waals surface area contributed by atoms with Crippen molar-refractivity contribution in [3.8, 4) is 11.5 Å². The molecule has 8 heteroatoms. The first-order valence-electron chi connectivity index (χ1n) is 10.5. The fraction of sp³-hybridized carbons (Fsp3) is 0.650. The van der Waals surface area contributed by atoms with E-state index in [1.165, 1.54) is 32.1 Å². The van der Waals surface area contributed by atoms with E-state index in [4.69, 9.17) is 9.47 Å². The van der Waals surface area contributed by atoms with Gasteiger partial charge in [0.2, 0.25) is 6.79 Å². The molecule has 1 aromatic carbocycles. The van der Waals surface area contributed by atoms with Gasteiger partial charge in [0.05, 0.1) is 13.1 Å². The maximum atomic E-state index is 5.47. The molecular weight excluding hydrogens is 356 g/mol. The van der Waals surface area contributed by atoms with Crippen molar-refractivity contribution in [1.82, 2.24) is 30.0 Å². The predicted octanol–water partition coefficient (Wildman–Crippen LogP) is 1.90. The second kappa shape index (κ2) is 8.05. The van der Waals surface area contributed by atoms with Gasteiger partial charge in [0.1, 0.15) is 0 Å². The summed E-state index contributed by atoms with van der Waals surface area (Å²) >= 11 is 0. The van der Waals surface area contributed by atoms with Crippen LogP contribution in [0.3, 0.4) is 0 Å². The zero-order chi connectivity index (χ0) is 18.8.